The van der Waals surface area contributed by atoms with E-state index in [4.69, 9.17) is 10.7 Å². The van der Waals surface area contributed by atoms with E-state index < -0.39 is 14.0 Å². The highest BCUT2D eigenvalue weighted by Gasteiger charge is 2.19. The van der Waals surface area contributed by atoms with Gasteiger partial charge in [-0.1, -0.05) is 30.3 Å². The van der Waals surface area contributed by atoms with Crippen molar-refractivity contribution in [3.63, 3.8) is 0 Å². The first-order valence-electron chi connectivity index (χ1n) is 5.18. The van der Waals surface area contributed by atoms with E-state index in [2.05, 4.69) is 0 Å². The number of benzene rings is 2. The zero-order valence-corrected chi connectivity index (χ0v) is 11.1. The van der Waals surface area contributed by atoms with Crippen molar-refractivity contribution in [2.45, 2.75) is 4.90 Å². The highest BCUT2D eigenvalue weighted by Crippen LogP contribution is 2.32. The van der Waals surface area contributed by atoms with E-state index in [0.29, 0.717) is 5.56 Å². The highest BCUT2D eigenvalue weighted by molar-refractivity contribution is 8.13. The molecular formula is C12H8ClNO4S. The summed E-state index contributed by atoms with van der Waals surface area (Å²) in [6.07, 6.45) is 0. The molecule has 0 aliphatic rings. The minimum Gasteiger partial charge on any atom is -0.258 e. The summed E-state index contributed by atoms with van der Waals surface area (Å²) in [5, 5.41) is 11.0. The monoisotopic (exact) mass is 297 g/mol. The van der Waals surface area contributed by atoms with Crippen LogP contribution in [0.4, 0.5) is 5.69 Å². The number of nitro benzene ring substituents is 1. The van der Waals surface area contributed by atoms with Crippen molar-refractivity contribution in [2.75, 3.05) is 0 Å². The van der Waals surface area contributed by atoms with E-state index in [9.17, 15) is 18.5 Å². The van der Waals surface area contributed by atoms with Crippen LogP contribution >= 0.6 is 10.7 Å². The van der Waals surface area contributed by atoms with Gasteiger partial charge in [-0.25, -0.2) is 8.42 Å². The topological polar surface area (TPSA) is 77.3 Å². The lowest BCUT2D eigenvalue weighted by atomic mass is 10.0. The third kappa shape index (κ3) is 2.91. The Hall–Kier alpha value is -1.92. The van der Waals surface area contributed by atoms with Gasteiger partial charge in [0, 0.05) is 16.7 Å². The lowest BCUT2D eigenvalue weighted by molar-refractivity contribution is -0.384. The summed E-state index contributed by atoms with van der Waals surface area (Å²) < 4.78 is 22.6. The van der Waals surface area contributed by atoms with Gasteiger partial charge < -0.3 is 0 Å². The minimum atomic E-state index is -3.93. The summed E-state index contributed by atoms with van der Waals surface area (Å²) in [6.45, 7) is 0. The number of nitrogens with zero attached hydrogens (tertiary/aromatic N) is 1. The molecule has 0 aromatic heterocycles. The summed E-state index contributed by atoms with van der Waals surface area (Å²) in [7, 11) is 1.33. The molecule has 0 fully saturated rings. The van der Waals surface area contributed by atoms with Gasteiger partial charge >= 0.3 is 0 Å². The lowest BCUT2D eigenvalue weighted by Gasteiger charge is -2.05. The minimum absolute atomic E-state index is 0.168. The molecule has 7 heteroatoms. The smallest absolute Gasteiger partial charge is 0.258 e. The summed E-state index contributed by atoms with van der Waals surface area (Å²) in [4.78, 5) is 10.2. The average Bonchev–Trinajstić information content (AvgIpc) is 2.38. The van der Waals surface area contributed by atoms with Crippen LogP contribution in [-0.2, 0) is 9.05 Å². The first-order valence-corrected chi connectivity index (χ1v) is 7.49. The predicted octanol–water partition coefficient (Wildman–Crippen LogP) is 3.19. The van der Waals surface area contributed by atoms with Gasteiger partial charge in [0.15, 0.2) is 0 Å². The molecule has 0 bridgehead atoms. The molecule has 2 aromatic carbocycles. The molecule has 5 nitrogen and oxygen atoms in total. The third-order valence-corrected chi connectivity index (χ3v) is 3.88. The molecule has 0 saturated carbocycles. The van der Waals surface area contributed by atoms with E-state index in [1.165, 1.54) is 6.07 Å². The Morgan fingerprint density at radius 2 is 1.68 bits per heavy atom. The van der Waals surface area contributed by atoms with Crippen LogP contribution in [0.3, 0.4) is 0 Å². The molecule has 0 N–H and O–H groups in total. The fourth-order valence-corrected chi connectivity index (χ4v) is 2.45. The van der Waals surface area contributed by atoms with E-state index in [1.807, 2.05) is 0 Å². The van der Waals surface area contributed by atoms with E-state index in [1.54, 1.807) is 30.3 Å². The van der Waals surface area contributed by atoms with Gasteiger partial charge in [-0.15, -0.1) is 0 Å². The van der Waals surface area contributed by atoms with Crippen molar-refractivity contribution in [2.24, 2.45) is 0 Å². The van der Waals surface area contributed by atoms with Gasteiger partial charge in [0.05, 0.1) is 15.4 Å². The Morgan fingerprint density at radius 3 is 2.21 bits per heavy atom. The maximum absolute atomic E-state index is 11.3. The highest BCUT2D eigenvalue weighted by atomic mass is 35.7. The standard InChI is InChI=1S/C12H8ClNO4S/c13-19(17,18)10-6-7-12(14(15)16)11(8-10)9-4-2-1-3-5-9/h1-8H. The van der Waals surface area contributed by atoms with Crippen LogP contribution in [0.5, 0.6) is 0 Å². The van der Waals surface area contributed by atoms with Crippen LogP contribution in [-0.4, -0.2) is 13.3 Å². The van der Waals surface area contributed by atoms with Crippen molar-refractivity contribution in [1.29, 1.82) is 0 Å². The SMILES string of the molecule is O=[N+]([O-])c1ccc(S(=O)(=O)Cl)cc1-c1ccccc1. The predicted molar refractivity (Wildman–Crippen MR) is 71.6 cm³/mol. The fourth-order valence-electron chi connectivity index (χ4n) is 1.67. The van der Waals surface area contributed by atoms with E-state index in [-0.39, 0.29) is 16.1 Å². The molecule has 98 valence electrons. The average molecular weight is 298 g/mol. The van der Waals surface area contributed by atoms with Crippen molar-refractivity contribution < 1.29 is 13.3 Å². The third-order valence-electron chi connectivity index (χ3n) is 2.53. The second kappa shape index (κ2) is 4.99. The molecule has 0 saturated heterocycles. The van der Waals surface area contributed by atoms with Gasteiger partial charge in [0.1, 0.15) is 0 Å². The van der Waals surface area contributed by atoms with Crippen LogP contribution in [0.2, 0.25) is 0 Å². The lowest BCUT2D eigenvalue weighted by Crippen LogP contribution is -1.96. The first-order chi connectivity index (χ1) is 8.89. The molecule has 0 unspecified atom stereocenters. The van der Waals surface area contributed by atoms with Crippen LogP contribution < -0.4 is 0 Å². The van der Waals surface area contributed by atoms with Crippen LogP contribution in [0.1, 0.15) is 0 Å². The van der Waals surface area contributed by atoms with Gasteiger partial charge in [-0.05, 0) is 17.7 Å². The first kappa shape index (κ1) is 13.5. The van der Waals surface area contributed by atoms with Crippen LogP contribution in [0.15, 0.2) is 53.4 Å². The summed E-state index contributed by atoms with van der Waals surface area (Å²) in [5.74, 6) is 0. The van der Waals surface area contributed by atoms with E-state index >= 15 is 0 Å². The molecule has 0 radical (unpaired) electrons. The molecule has 0 amide bonds. The van der Waals surface area contributed by atoms with Crippen LogP contribution in [0.25, 0.3) is 11.1 Å². The maximum atomic E-state index is 11.3. The molecule has 0 heterocycles. The molecule has 2 rings (SSSR count). The van der Waals surface area contributed by atoms with Gasteiger partial charge in [-0.2, -0.15) is 0 Å². The van der Waals surface area contributed by atoms with Gasteiger partial charge in [0.25, 0.3) is 14.7 Å². The Morgan fingerprint density at radius 1 is 1.05 bits per heavy atom. The van der Waals surface area contributed by atoms with Crippen LogP contribution in [0, 0.1) is 10.1 Å². The van der Waals surface area contributed by atoms with Crippen molar-refractivity contribution >= 4 is 25.4 Å². The number of nitro groups is 1. The fraction of sp³-hybridized carbons (Fsp3) is 0. The molecular weight excluding hydrogens is 290 g/mol. The van der Waals surface area contributed by atoms with Crippen molar-refractivity contribution in [3.8, 4) is 11.1 Å². The summed E-state index contributed by atoms with van der Waals surface area (Å²) >= 11 is 0. The van der Waals surface area contributed by atoms with Gasteiger partial charge in [-0.3, -0.25) is 10.1 Å². The second-order valence-electron chi connectivity index (χ2n) is 3.74. The second-order valence-corrected chi connectivity index (χ2v) is 6.31. The number of hydrogen-bond acceptors (Lipinski definition) is 4. The van der Waals surface area contributed by atoms with E-state index in [0.717, 1.165) is 12.1 Å². The molecule has 0 atom stereocenters. The number of hydrogen-bond donors (Lipinski definition) is 0. The Kier molecular flexibility index (Phi) is 3.55. The Bertz CT molecular complexity index is 729. The van der Waals surface area contributed by atoms with Crippen molar-refractivity contribution in [1.82, 2.24) is 0 Å². The largest absolute Gasteiger partial charge is 0.277 e. The summed E-state index contributed by atoms with van der Waals surface area (Å²) in [5.41, 5.74) is 0.596. The molecule has 19 heavy (non-hydrogen) atoms. The Balaban J connectivity index is 2.72. The maximum Gasteiger partial charge on any atom is 0.277 e. The molecule has 2 aromatic rings. The summed E-state index contributed by atoms with van der Waals surface area (Å²) in [6, 6.07) is 12.0. The molecule has 0 aliphatic carbocycles. The Labute approximate surface area is 114 Å². The zero-order chi connectivity index (χ0) is 14.0. The number of rotatable bonds is 3. The van der Waals surface area contributed by atoms with Gasteiger partial charge in [0.2, 0.25) is 0 Å². The number of halogens is 1. The molecule has 0 aliphatic heterocycles. The zero-order valence-electron chi connectivity index (χ0n) is 9.49. The van der Waals surface area contributed by atoms with Crippen molar-refractivity contribution in [3.05, 3.63) is 58.6 Å². The quantitative estimate of drug-likeness (QED) is 0.495. The molecule has 0 spiro atoms. The normalized spacial score (nSPS) is 11.2.